The van der Waals surface area contributed by atoms with Crippen LogP contribution in [0.3, 0.4) is 0 Å². The standard InChI is InChI=1S/C12H19NO3/c1-8(2)10(12(14)15-4)7-13-11-6-5-9(3)16-11/h5-6,8,10,13H,7H2,1-4H3. The number of rotatable bonds is 5. The molecule has 1 aromatic rings. The molecule has 1 atom stereocenters. The van der Waals surface area contributed by atoms with Crippen molar-refractivity contribution in [2.24, 2.45) is 11.8 Å². The summed E-state index contributed by atoms with van der Waals surface area (Å²) in [5, 5.41) is 3.09. The molecular formula is C12H19NO3. The third-order valence-corrected chi connectivity index (χ3v) is 2.55. The van der Waals surface area contributed by atoms with Crippen molar-refractivity contribution in [3.8, 4) is 0 Å². The highest BCUT2D eigenvalue weighted by Crippen LogP contribution is 2.16. The van der Waals surface area contributed by atoms with Crippen LogP contribution < -0.4 is 5.32 Å². The van der Waals surface area contributed by atoms with Crippen molar-refractivity contribution >= 4 is 11.9 Å². The molecule has 0 aliphatic carbocycles. The van der Waals surface area contributed by atoms with Crippen molar-refractivity contribution < 1.29 is 13.9 Å². The molecule has 1 N–H and O–H groups in total. The van der Waals surface area contributed by atoms with E-state index in [-0.39, 0.29) is 17.8 Å². The van der Waals surface area contributed by atoms with E-state index in [1.165, 1.54) is 7.11 Å². The molecule has 1 heterocycles. The van der Waals surface area contributed by atoms with Gasteiger partial charge in [0.25, 0.3) is 0 Å². The molecule has 1 aromatic heterocycles. The van der Waals surface area contributed by atoms with E-state index in [1.54, 1.807) is 0 Å². The molecule has 4 nitrogen and oxygen atoms in total. The zero-order valence-corrected chi connectivity index (χ0v) is 10.2. The van der Waals surface area contributed by atoms with Gasteiger partial charge in [-0.25, -0.2) is 0 Å². The average molecular weight is 225 g/mol. The van der Waals surface area contributed by atoms with Crippen molar-refractivity contribution in [1.29, 1.82) is 0 Å². The lowest BCUT2D eigenvalue weighted by atomic mass is 9.96. The summed E-state index contributed by atoms with van der Waals surface area (Å²) in [7, 11) is 1.41. The Morgan fingerprint density at radius 2 is 2.19 bits per heavy atom. The van der Waals surface area contributed by atoms with E-state index < -0.39 is 0 Å². The molecule has 16 heavy (non-hydrogen) atoms. The zero-order chi connectivity index (χ0) is 12.1. The van der Waals surface area contributed by atoms with Gasteiger partial charge in [-0.15, -0.1) is 0 Å². The lowest BCUT2D eigenvalue weighted by molar-refractivity contribution is -0.146. The van der Waals surface area contributed by atoms with Crippen LogP contribution in [0, 0.1) is 18.8 Å². The first-order valence-electron chi connectivity index (χ1n) is 5.42. The molecule has 1 unspecified atom stereocenters. The van der Waals surface area contributed by atoms with Crippen LogP contribution in [-0.2, 0) is 9.53 Å². The summed E-state index contributed by atoms with van der Waals surface area (Å²) >= 11 is 0. The summed E-state index contributed by atoms with van der Waals surface area (Å²) < 4.78 is 10.1. The second-order valence-corrected chi connectivity index (χ2v) is 4.16. The number of furan rings is 1. The number of aryl methyl sites for hydroxylation is 1. The van der Waals surface area contributed by atoms with Gasteiger partial charge in [-0.2, -0.15) is 0 Å². The molecule has 4 heteroatoms. The quantitative estimate of drug-likeness (QED) is 0.782. The summed E-state index contributed by atoms with van der Waals surface area (Å²) in [5.74, 6) is 1.42. The van der Waals surface area contributed by atoms with Gasteiger partial charge in [0.15, 0.2) is 5.88 Å². The molecule has 1 rings (SSSR count). The first kappa shape index (κ1) is 12.6. The highest BCUT2D eigenvalue weighted by Gasteiger charge is 2.22. The van der Waals surface area contributed by atoms with Crippen LogP contribution in [0.2, 0.25) is 0 Å². The monoisotopic (exact) mass is 225 g/mol. The second kappa shape index (κ2) is 5.58. The Labute approximate surface area is 96.0 Å². The van der Waals surface area contributed by atoms with Crippen molar-refractivity contribution in [3.05, 3.63) is 17.9 Å². The van der Waals surface area contributed by atoms with Gasteiger partial charge in [0.1, 0.15) is 5.76 Å². The summed E-state index contributed by atoms with van der Waals surface area (Å²) in [4.78, 5) is 11.5. The minimum atomic E-state index is -0.189. The normalized spacial score (nSPS) is 12.6. The van der Waals surface area contributed by atoms with Gasteiger partial charge < -0.3 is 14.5 Å². The van der Waals surface area contributed by atoms with E-state index in [9.17, 15) is 4.79 Å². The van der Waals surface area contributed by atoms with Gasteiger partial charge >= 0.3 is 5.97 Å². The Kier molecular flexibility index (Phi) is 4.40. The fraction of sp³-hybridized carbons (Fsp3) is 0.583. The first-order valence-corrected chi connectivity index (χ1v) is 5.42. The molecule has 0 aromatic carbocycles. The number of anilines is 1. The lowest BCUT2D eigenvalue weighted by Crippen LogP contribution is -2.28. The fourth-order valence-electron chi connectivity index (χ4n) is 1.48. The van der Waals surface area contributed by atoms with E-state index in [0.29, 0.717) is 12.4 Å². The van der Waals surface area contributed by atoms with Crippen LogP contribution in [0.4, 0.5) is 5.88 Å². The Hall–Kier alpha value is -1.45. The molecule has 0 spiro atoms. The zero-order valence-electron chi connectivity index (χ0n) is 10.2. The number of hydrogen-bond donors (Lipinski definition) is 1. The number of esters is 1. The smallest absolute Gasteiger partial charge is 0.310 e. The third kappa shape index (κ3) is 3.29. The minimum Gasteiger partial charge on any atom is -0.469 e. The van der Waals surface area contributed by atoms with E-state index >= 15 is 0 Å². The van der Waals surface area contributed by atoms with Crippen molar-refractivity contribution in [3.63, 3.8) is 0 Å². The topological polar surface area (TPSA) is 51.5 Å². The van der Waals surface area contributed by atoms with Crippen LogP contribution in [0.1, 0.15) is 19.6 Å². The van der Waals surface area contributed by atoms with Crippen LogP contribution in [0.5, 0.6) is 0 Å². The van der Waals surface area contributed by atoms with Gasteiger partial charge in [-0.05, 0) is 18.9 Å². The van der Waals surface area contributed by atoms with Crippen LogP contribution in [-0.4, -0.2) is 19.6 Å². The van der Waals surface area contributed by atoms with E-state index in [1.807, 2.05) is 32.9 Å². The maximum Gasteiger partial charge on any atom is 0.310 e. The highest BCUT2D eigenvalue weighted by atomic mass is 16.5. The fourth-order valence-corrected chi connectivity index (χ4v) is 1.48. The van der Waals surface area contributed by atoms with Gasteiger partial charge in [-0.1, -0.05) is 13.8 Å². The van der Waals surface area contributed by atoms with Crippen LogP contribution in [0.25, 0.3) is 0 Å². The van der Waals surface area contributed by atoms with Gasteiger partial charge in [0, 0.05) is 12.6 Å². The van der Waals surface area contributed by atoms with Crippen LogP contribution in [0.15, 0.2) is 16.5 Å². The van der Waals surface area contributed by atoms with Crippen LogP contribution >= 0.6 is 0 Å². The van der Waals surface area contributed by atoms with Crippen molar-refractivity contribution in [2.45, 2.75) is 20.8 Å². The molecule has 90 valence electrons. The minimum absolute atomic E-state index is 0.157. The van der Waals surface area contributed by atoms with Gasteiger partial charge in [0.2, 0.25) is 0 Å². The molecule has 0 saturated carbocycles. The Balaban J connectivity index is 2.53. The number of hydrogen-bond acceptors (Lipinski definition) is 4. The number of methoxy groups -OCH3 is 1. The molecule has 0 radical (unpaired) electrons. The summed E-state index contributed by atoms with van der Waals surface area (Å²) in [6, 6.07) is 3.73. The third-order valence-electron chi connectivity index (χ3n) is 2.55. The maximum absolute atomic E-state index is 11.5. The molecule has 0 aliphatic rings. The number of carbonyl (C=O) groups is 1. The molecule has 0 bridgehead atoms. The average Bonchev–Trinajstić information content (AvgIpc) is 2.63. The van der Waals surface area contributed by atoms with Gasteiger partial charge in [0.05, 0.1) is 13.0 Å². The SMILES string of the molecule is COC(=O)C(CNc1ccc(C)o1)C(C)C. The highest BCUT2D eigenvalue weighted by molar-refractivity contribution is 5.73. The predicted molar refractivity (Wildman–Crippen MR) is 62.3 cm³/mol. The van der Waals surface area contributed by atoms with Crippen molar-refractivity contribution in [1.82, 2.24) is 0 Å². The lowest BCUT2D eigenvalue weighted by Gasteiger charge is -2.18. The summed E-state index contributed by atoms with van der Waals surface area (Å²) in [6.07, 6.45) is 0. The molecule has 0 amide bonds. The van der Waals surface area contributed by atoms with E-state index in [4.69, 9.17) is 9.15 Å². The largest absolute Gasteiger partial charge is 0.469 e. The Morgan fingerprint density at radius 1 is 1.50 bits per heavy atom. The van der Waals surface area contributed by atoms with Gasteiger partial charge in [-0.3, -0.25) is 4.79 Å². The summed E-state index contributed by atoms with van der Waals surface area (Å²) in [6.45, 7) is 6.40. The molecule has 0 fully saturated rings. The Bertz CT molecular complexity index is 344. The molecule has 0 aliphatic heterocycles. The Morgan fingerprint density at radius 3 is 2.62 bits per heavy atom. The molecular weight excluding hydrogens is 206 g/mol. The second-order valence-electron chi connectivity index (χ2n) is 4.16. The maximum atomic E-state index is 11.5. The van der Waals surface area contributed by atoms with Crippen molar-refractivity contribution in [2.75, 3.05) is 19.0 Å². The number of carbonyl (C=O) groups excluding carboxylic acids is 1. The molecule has 0 saturated heterocycles. The van der Waals surface area contributed by atoms with E-state index in [0.717, 1.165) is 5.76 Å². The summed E-state index contributed by atoms with van der Waals surface area (Å²) in [5.41, 5.74) is 0. The van der Waals surface area contributed by atoms with E-state index in [2.05, 4.69) is 5.32 Å². The number of ether oxygens (including phenoxy) is 1. The number of nitrogens with one attached hydrogen (secondary N) is 1. The predicted octanol–water partition coefficient (Wildman–Crippen LogP) is 2.45. The first-order chi connectivity index (χ1) is 7.54.